The fraction of sp³-hybridized carbons (Fsp3) is 0.450. The normalized spacial score (nSPS) is 16.3. The summed E-state index contributed by atoms with van der Waals surface area (Å²) < 4.78 is 19.2. The summed E-state index contributed by atoms with van der Waals surface area (Å²) in [5.41, 5.74) is 1.23. The minimum Gasteiger partial charge on any atom is -0.378 e. The summed E-state index contributed by atoms with van der Waals surface area (Å²) in [6.45, 7) is 1.53. The Morgan fingerprint density at radius 3 is 3.04 bits per heavy atom. The number of nitrogens with zero attached hydrogens (tertiary/aromatic N) is 3. The molecule has 1 atom stereocenters. The van der Waals surface area contributed by atoms with Crippen LogP contribution < -0.4 is 5.32 Å². The predicted molar refractivity (Wildman–Crippen MR) is 102 cm³/mol. The Hall–Kier alpha value is -2.54. The van der Waals surface area contributed by atoms with Gasteiger partial charge in [-0.2, -0.15) is 0 Å². The quantitative estimate of drug-likeness (QED) is 0.807. The van der Waals surface area contributed by atoms with Gasteiger partial charge in [0.2, 0.25) is 0 Å². The van der Waals surface area contributed by atoms with E-state index in [1.807, 2.05) is 0 Å². The Kier molecular flexibility index (Phi) is 6.34. The standard InChI is InChI=1S/C20H25FN4O2/c1-22-19-17(21)13-23-18(24-19)14-6-3-7-15(12-14)20(26)25(2)10-4-8-16-9-5-11-27-16/h3,6-7,12-13,16H,4-5,8-11H2,1-2H3,(H,22,23,24)/t16-/m0/s1. The third-order valence-electron chi connectivity index (χ3n) is 4.74. The fourth-order valence-electron chi connectivity index (χ4n) is 3.22. The lowest BCUT2D eigenvalue weighted by atomic mass is 10.1. The lowest BCUT2D eigenvalue weighted by molar-refractivity contribution is 0.0763. The summed E-state index contributed by atoms with van der Waals surface area (Å²) in [6.07, 6.45) is 5.61. The van der Waals surface area contributed by atoms with Gasteiger partial charge in [0.15, 0.2) is 17.5 Å². The number of ether oxygens (including phenoxy) is 1. The number of aromatic nitrogens is 2. The lowest BCUT2D eigenvalue weighted by Crippen LogP contribution is -2.28. The molecule has 1 aliphatic rings. The van der Waals surface area contributed by atoms with E-state index < -0.39 is 5.82 Å². The number of nitrogens with one attached hydrogen (secondary N) is 1. The molecule has 6 nitrogen and oxygen atoms in total. The molecule has 0 radical (unpaired) electrons. The van der Waals surface area contributed by atoms with Crippen molar-refractivity contribution < 1.29 is 13.9 Å². The van der Waals surface area contributed by atoms with Crippen LogP contribution in [-0.2, 0) is 4.74 Å². The number of halogens is 1. The highest BCUT2D eigenvalue weighted by Gasteiger charge is 2.17. The van der Waals surface area contributed by atoms with Crippen molar-refractivity contribution in [2.45, 2.75) is 31.8 Å². The molecule has 0 spiro atoms. The molecule has 0 bridgehead atoms. The van der Waals surface area contributed by atoms with E-state index >= 15 is 0 Å². The summed E-state index contributed by atoms with van der Waals surface area (Å²) in [4.78, 5) is 22.6. The predicted octanol–water partition coefficient (Wildman–Crippen LogP) is 3.36. The summed E-state index contributed by atoms with van der Waals surface area (Å²) >= 11 is 0. The molecule has 1 amide bonds. The van der Waals surface area contributed by atoms with Gasteiger partial charge in [-0.15, -0.1) is 0 Å². The van der Waals surface area contributed by atoms with Crippen LogP contribution in [0.5, 0.6) is 0 Å². The minimum absolute atomic E-state index is 0.0554. The van der Waals surface area contributed by atoms with Crippen molar-refractivity contribution in [2.75, 3.05) is 32.6 Å². The van der Waals surface area contributed by atoms with Gasteiger partial charge in [-0.3, -0.25) is 4.79 Å². The van der Waals surface area contributed by atoms with Crippen LogP contribution in [0.25, 0.3) is 11.4 Å². The van der Waals surface area contributed by atoms with Gasteiger partial charge < -0.3 is 15.0 Å². The maximum Gasteiger partial charge on any atom is 0.253 e. The van der Waals surface area contributed by atoms with Crippen LogP contribution in [0.15, 0.2) is 30.5 Å². The molecule has 0 aliphatic carbocycles. The second-order valence-electron chi connectivity index (χ2n) is 6.72. The number of benzene rings is 1. The molecule has 7 heteroatoms. The van der Waals surface area contributed by atoms with Crippen LogP contribution in [0.4, 0.5) is 10.2 Å². The van der Waals surface area contributed by atoms with Crippen molar-refractivity contribution in [3.63, 3.8) is 0 Å². The molecule has 0 saturated carbocycles. The molecule has 1 aromatic heterocycles. The Morgan fingerprint density at radius 2 is 2.30 bits per heavy atom. The molecular formula is C20H25FN4O2. The molecule has 0 unspecified atom stereocenters. The number of rotatable bonds is 7. The highest BCUT2D eigenvalue weighted by molar-refractivity contribution is 5.95. The zero-order valence-corrected chi connectivity index (χ0v) is 15.7. The first-order valence-electron chi connectivity index (χ1n) is 9.26. The van der Waals surface area contributed by atoms with E-state index in [0.29, 0.717) is 29.6 Å². The molecule has 1 fully saturated rings. The van der Waals surface area contributed by atoms with E-state index in [1.54, 1.807) is 43.3 Å². The first kappa shape index (κ1) is 19.2. The van der Waals surface area contributed by atoms with Crippen molar-refractivity contribution >= 4 is 11.7 Å². The topological polar surface area (TPSA) is 67.4 Å². The van der Waals surface area contributed by atoms with Crippen LogP contribution in [0.1, 0.15) is 36.0 Å². The molecule has 3 rings (SSSR count). The van der Waals surface area contributed by atoms with E-state index in [0.717, 1.165) is 38.5 Å². The molecule has 27 heavy (non-hydrogen) atoms. The summed E-state index contributed by atoms with van der Waals surface area (Å²) in [5.74, 6) is -0.0704. The van der Waals surface area contributed by atoms with E-state index in [2.05, 4.69) is 15.3 Å². The average Bonchev–Trinajstić information content (AvgIpc) is 3.21. The van der Waals surface area contributed by atoms with E-state index in [1.165, 1.54) is 0 Å². The van der Waals surface area contributed by atoms with Crippen molar-refractivity contribution in [1.82, 2.24) is 14.9 Å². The fourth-order valence-corrected chi connectivity index (χ4v) is 3.22. The molecule has 144 valence electrons. The van der Waals surface area contributed by atoms with Crippen LogP contribution in [0.2, 0.25) is 0 Å². The highest BCUT2D eigenvalue weighted by Crippen LogP contribution is 2.21. The maximum atomic E-state index is 13.6. The number of amides is 1. The van der Waals surface area contributed by atoms with Crippen LogP contribution >= 0.6 is 0 Å². The van der Waals surface area contributed by atoms with Gasteiger partial charge in [-0.05, 0) is 37.8 Å². The highest BCUT2D eigenvalue weighted by atomic mass is 19.1. The monoisotopic (exact) mass is 372 g/mol. The Morgan fingerprint density at radius 1 is 1.44 bits per heavy atom. The molecule has 2 heterocycles. The summed E-state index contributed by atoms with van der Waals surface area (Å²) in [7, 11) is 3.40. The maximum absolute atomic E-state index is 13.6. The first-order chi connectivity index (χ1) is 13.1. The Balaban J connectivity index is 1.65. The van der Waals surface area contributed by atoms with Crippen molar-refractivity contribution in [3.8, 4) is 11.4 Å². The number of carbonyl (C=O) groups excluding carboxylic acids is 1. The number of hydrogen-bond acceptors (Lipinski definition) is 5. The van der Waals surface area contributed by atoms with Gasteiger partial charge in [0.25, 0.3) is 5.91 Å². The Labute approximate surface area is 158 Å². The van der Waals surface area contributed by atoms with Crippen molar-refractivity contribution in [3.05, 3.63) is 41.8 Å². The second kappa shape index (κ2) is 8.90. The van der Waals surface area contributed by atoms with E-state index in [4.69, 9.17) is 4.74 Å². The molecule has 1 aliphatic heterocycles. The van der Waals surface area contributed by atoms with E-state index in [-0.39, 0.29) is 11.7 Å². The SMILES string of the molecule is CNc1nc(-c2cccc(C(=O)N(C)CCC[C@H]3CCCO3)c2)ncc1F. The molecule has 1 saturated heterocycles. The number of hydrogen-bond donors (Lipinski definition) is 1. The van der Waals surface area contributed by atoms with Gasteiger partial charge in [0.05, 0.1) is 12.3 Å². The second-order valence-corrected chi connectivity index (χ2v) is 6.72. The smallest absolute Gasteiger partial charge is 0.253 e. The summed E-state index contributed by atoms with van der Waals surface area (Å²) in [6, 6.07) is 7.10. The van der Waals surface area contributed by atoms with Crippen LogP contribution in [0, 0.1) is 5.82 Å². The number of carbonyl (C=O) groups is 1. The van der Waals surface area contributed by atoms with Crippen LogP contribution in [0.3, 0.4) is 0 Å². The third-order valence-corrected chi connectivity index (χ3v) is 4.74. The van der Waals surface area contributed by atoms with Crippen LogP contribution in [-0.4, -0.2) is 54.1 Å². The zero-order chi connectivity index (χ0) is 19.2. The lowest BCUT2D eigenvalue weighted by Gasteiger charge is -2.18. The largest absolute Gasteiger partial charge is 0.378 e. The van der Waals surface area contributed by atoms with Gasteiger partial charge >= 0.3 is 0 Å². The Bertz CT molecular complexity index is 793. The third kappa shape index (κ3) is 4.80. The van der Waals surface area contributed by atoms with Gasteiger partial charge in [0, 0.05) is 38.4 Å². The van der Waals surface area contributed by atoms with Gasteiger partial charge in [-0.25, -0.2) is 14.4 Å². The summed E-state index contributed by atoms with van der Waals surface area (Å²) in [5, 5.41) is 2.70. The molecule has 2 aromatic rings. The van der Waals surface area contributed by atoms with Crippen molar-refractivity contribution in [1.29, 1.82) is 0 Å². The van der Waals surface area contributed by atoms with Gasteiger partial charge in [-0.1, -0.05) is 12.1 Å². The van der Waals surface area contributed by atoms with E-state index in [9.17, 15) is 9.18 Å². The molecule has 1 N–H and O–H groups in total. The minimum atomic E-state index is -0.514. The van der Waals surface area contributed by atoms with Gasteiger partial charge in [0.1, 0.15) is 0 Å². The molecule has 1 aromatic carbocycles. The zero-order valence-electron chi connectivity index (χ0n) is 15.7. The average molecular weight is 372 g/mol. The molecular weight excluding hydrogens is 347 g/mol. The first-order valence-corrected chi connectivity index (χ1v) is 9.26. The van der Waals surface area contributed by atoms with Crippen molar-refractivity contribution in [2.24, 2.45) is 0 Å². The number of anilines is 1.